The molecule has 11 nitrogen and oxygen atoms in total. The van der Waals surface area contributed by atoms with Crippen molar-refractivity contribution in [2.24, 2.45) is 0 Å². The lowest BCUT2D eigenvalue weighted by Crippen LogP contribution is -2.49. The molecule has 1 saturated carbocycles. The van der Waals surface area contributed by atoms with Crippen LogP contribution in [0, 0.1) is 0 Å². The highest BCUT2D eigenvalue weighted by atomic mass is 35.5. The Hall–Kier alpha value is -3.32. The summed E-state index contributed by atoms with van der Waals surface area (Å²) < 4.78 is 36.1. The third-order valence-electron chi connectivity index (χ3n) is 8.35. The van der Waals surface area contributed by atoms with E-state index in [1.54, 1.807) is 35.4 Å². The van der Waals surface area contributed by atoms with E-state index in [4.69, 9.17) is 27.9 Å². The zero-order chi connectivity index (χ0) is 30.8. The Morgan fingerprint density at radius 2 is 1.66 bits per heavy atom. The van der Waals surface area contributed by atoms with Crippen LogP contribution in [0.3, 0.4) is 0 Å². The van der Waals surface area contributed by atoms with Gasteiger partial charge >= 0.3 is 11.6 Å². The Morgan fingerprint density at radius 1 is 0.932 bits per heavy atom. The van der Waals surface area contributed by atoms with Crippen LogP contribution in [0.5, 0.6) is 5.75 Å². The summed E-state index contributed by atoms with van der Waals surface area (Å²) in [5.41, 5.74) is 1.04. The topological polar surface area (TPSA) is 117 Å². The minimum atomic E-state index is -3.86. The number of amides is 2. The van der Waals surface area contributed by atoms with Crippen molar-refractivity contribution in [1.82, 2.24) is 19.0 Å². The summed E-state index contributed by atoms with van der Waals surface area (Å²) in [6.45, 7) is 2.42. The zero-order valence-corrected chi connectivity index (χ0v) is 26.5. The highest BCUT2D eigenvalue weighted by Crippen LogP contribution is 2.32. The molecule has 3 fully saturated rings. The number of hydrogen-bond acceptors (Lipinski definition) is 7. The molecule has 14 heteroatoms. The van der Waals surface area contributed by atoms with E-state index in [9.17, 15) is 18.0 Å². The van der Waals surface area contributed by atoms with Gasteiger partial charge in [0.25, 0.3) is 0 Å². The normalized spacial score (nSPS) is 18.1. The quantitative estimate of drug-likeness (QED) is 0.379. The molecule has 0 radical (unpaired) electrons. The van der Waals surface area contributed by atoms with Gasteiger partial charge in [-0.3, -0.25) is 4.79 Å². The second kappa shape index (κ2) is 13.0. The molecular formula is C30H34Cl2N6O5S. The number of urea groups is 1. The summed E-state index contributed by atoms with van der Waals surface area (Å²) in [6, 6.07) is 11.0. The van der Waals surface area contributed by atoms with E-state index in [2.05, 4.69) is 10.4 Å². The van der Waals surface area contributed by atoms with E-state index >= 15 is 0 Å². The number of hydrogen-bond donors (Lipinski definition) is 1. The van der Waals surface area contributed by atoms with Gasteiger partial charge in [0.05, 0.1) is 33.6 Å². The molecule has 2 aliphatic heterocycles. The van der Waals surface area contributed by atoms with Crippen molar-refractivity contribution in [3.63, 3.8) is 0 Å². The lowest BCUT2D eigenvalue weighted by molar-refractivity contribution is 0.205. The molecule has 3 aromatic rings. The molecular weight excluding hydrogens is 627 g/mol. The summed E-state index contributed by atoms with van der Waals surface area (Å²) >= 11 is 12.6. The van der Waals surface area contributed by atoms with Crippen molar-refractivity contribution in [3.05, 3.63) is 69.1 Å². The van der Waals surface area contributed by atoms with Gasteiger partial charge in [0.2, 0.25) is 15.8 Å². The highest BCUT2D eigenvalue weighted by molar-refractivity contribution is 7.89. The first-order valence-electron chi connectivity index (χ1n) is 14.9. The number of benzene rings is 2. The summed E-state index contributed by atoms with van der Waals surface area (Å²) in [5, 5.41) is 7.83. The molecule has 6 rings (SSSR count). The Bertz CT molecular complexity index is 1700. The van der Waals surface area contributed by atoms with Crippen molar-refractivity contribution >= 4 is 50.6 Å². The van der Waals surface area contributed by atoms with E-state index in [1.807, 2.05) is 4.90 Å². The zero-order valence-electron chi connectivity index (χ0n) is 24.1. The number of nitrogens with zero attached hydrogens (tertiary/aromatic N) is 5. The van der Waals surface area contributed by atoms with E-state index in [1.165, 1.54) is 27.2 Å². The van der Waals surface area contributed by atoms with E-state index in [0.29, 0.717) is 48.3 Å². The monoisotopic (exact) mass is 660 g/mol. The molecule has 0 atom stereocenters. The number of rotatable bonds is 7. The van der Waals surface area contributed by atoms with Crippen LogP contribution in [0.1, 0.15) is 38.5 Å². The molecule has 3 heterocycles. The molecule has 1 N–H and O–H groups in total. The fourth-order valence-corrected chi connectivity index (χ4v) is 7.85. The number of sulfonamides is 1. The minimum absolute atomic E-state index is 0.0474. The molecule has 0 bridgehead atoms. The van der Waals surface area contributed by atoms with Gasteiger partial charge in [-0.2, -0.15) is 14.1 Å². The maximum atomic E-state index is 13.7. The summed E-state index contributed by atoms with van der Waals surface area (Å²) in [5.74, 6) is 0.210. The van der Waals surface area contributed by atoms with Gasteiger partial charge in [0.1, 0.15) is 5.69 Å². The minimum Gasteiger partial charge on any atom is -0.483 e. The molecule has 0 spiro atoms. The maximum Gasteiger partial charge on any atom is 0.321 e. The first-order valence-corrected chi connectivity index (χ1v) is 17.1. The predicted molar refractivity (Wildman–Crippen MR) is 170 cm³/mol. The van der Waals surface area contributed by atoms with Gasteiger partial charge in [-0.15, -0.1) is 0 Å². The molecule has 2 aromatic carbocycles. The average molecular weight is 662 g/mol. The van der Waals surface area contributed by atoms with Gasteiger partial charge in [-0.05, 0) is 74.9 Å². The van der Waals surface area contributed by atoms with Gasteiger partial charge in [0, 0.05) is 44.3 Å². The fourth-order valence-electron chi connectivity index (χ4n) is 5.92. The SMILES string of the molecule is O=C(Nc1ccc(S(=O)(=O)N2CCN(c3cnn(-c4cccc(Cl)c4)c(=O)c3OC3CCCC3)CC2)cc1Cl)N1CCCC1. The van der Waals surface area contributed by atoms with Crippen molar-refractivity contribution in [3.8, 4) is 11.4 Å². The molecule has 234 valence electrons. The molecule has 0 unspecified atom stereocenters. The van der Waals surface area contributed by atoms with Crippen LogP contribution < -0.4 is 20.5 Å². The van der Waals surface area contributed by atoms with Crippen molar-refractivity contribution in [2.45, 2.75) is 49.5 Å². The van der Waals surface area contributed by atoms with Crippen LogP contribution in [0.2, 0.25) is 10.0 Å². The van der Waals surface area contributed by atoms with Crippen LogP contribution in [-0.4, -0.2) is 78.8 Å². The second-order valence-electron chi connectivity index (χ2n) is 11.2. The van der Waals surface area contributed by atoms with E-state index < -0.39 is 15.6 Å². The molecule has 2 amide bonds. The molecule has 3 aliphatic rings. The third-order valence-corrected chi connectivity index (χ3v) is 10.8. The standard InChI is InChI=1S/C30H34Cl2N6O5S/c31-21-6-5-7-22(18-21)38-29(39)28(43-23-8-1-2-9-23)27(20-33-38)35-14-16-37(17-15-35)44(41,42)24-10-11-26(25(32)19-24)34-30(40)36-12-3-4-13-36/h5-7,10-11,18-20,23H,1-4,8-9,12-17H2,(H,34,40). The van der Waals surface area contributed by atoms with Gasteiger partial charge in [0.15, 0.2) is 0 Å². The Morgan fingerprint density at radius 3 is 2.34 bits per heavy atom. The van der Waals surface area contributed by atoms with Crippen LogP contribution in [0.4, 0.5) is 16.2 Å². The number of anilines is 2. The predicted octanol–water partition coefficient (Wildman–Crippen LogP) is 5.00. The maximum absolute atomic E-state index is 13.7. The number of carbonyl (C=O) groups is 1. The summed E-state index contributed by atoms with van der Waals surface area (Å²) in [7, 11) is -3.86. The highest BCUT2D eigenvalue weighted by Gasteiger charge is 2.32. The second-order valence-corrected chi connectivity index (χ2v) is 14.0. The number of likely N-dealkylation sites (tertiary alicyclic amines) is 1. The van der Waals surface area contributed by atoms with Gasteiger partial charge in [-0.25, -0.2) is 13.2 Å². The lowest BCUT2D eigenvalue weighted by atomic mass is 10.2. The van der Waals surface area contributed by atoms with Crippen LogP contribution in [0.15, 0.2) is 58.4 Å². The number of halogens is 2. The molecule has 1 aliphatic carbocycles. The van der Waals surface area contributed by atoms with Crippen molar-refractivity contribution < 1.29 is 17.9 Å². The van der Waals surface area contributed by atoms with Gasteiger partial charge < -0.3 is 19.9 Å². The first-order chi connectivity index (χ1) is 21.2. The number of ether oxygens (including phenoxy) is 1. The smallest absolute Gasteiger partial charge is 0.321 e. The third kappa shape index (κ3) is 6.39. The Kier molecular flexibility index (Phi) is 9.04. The molecule has 44 heavy (non-hydrogen) atoms. The first kappa shape index (κ1) is 30.7. The van der Waals surface area contributed by atoms with Gasteiger partial charge in [-0.1, -0.05) is 29.3 Å². The summed E-state index contributed by atoms with van der Waals surface area (Å²) in [4.78, 5) is 29.9. The average Bonchev–Trinajstić information content (AvgIpc) is 3.74. The van der Waals surface area contributed by atoms with Crippen LogP contribution >= 0.6 is 23.2 Å². The van der Waals surface area contributed by atoms with E-state index in [-0.39, 0.29) is 40.9 Å². The number of piperazine rings is 1. The van der Waals surface area contributed by atoms with Crippen LogP contribution in [-0.2, 0) is 10.0 Å². The number of nitrogens with one attached hydrogen (secondary N) is 1. The Balaban J connectivity index is 1.19. The largest absolute Gasteiger partial charge is 0.483 e. The fraction of sp³-hybridized carbons (Fsp3) is 0.433. The number of aromatic nitrogens is 2. The van der Waals surface area contributed by atoms with Crippen molar-refractivity contribution in [1.29, 1.82) is 0 Å². The molecule has 1 aromatic heterocycles. The van der Waals surface area contributed by atoms with Crippen molar-refractivity contribution in [2.75, 3.05) is 49.5 Å². The molecule has 2 saturated heterocycles. The van der Waals surface area contributed by atoms with Crippen LogP contribution in [0.25, 0.3) is 5.69 Å². The lowest BCUT2D eigenvalue weighted by Gasteiger charge is -2.36. The Labute approximate surface area is 266 Å². The van der Waals surface area contributed by atoms with E-state index in [0.717, 1.165) is 38.5 Å². The number of carbonyl (C=O) groups excluding carboxylic acids is 1. The summed E-state index contributed by atoms with van der Waals surface area (Å²) in [6.07, 6.45) is 7.28.